The van der Waals surface area contributed by atoms with Crippen molar-refractivity contribution in [1.29, 1.82) is 5.26 Å². The van der Waals surface area contributed by atoms with Crippen LogP contribution in [0.4, 0.5) is 13.2 Å². The van der Waals surface area contributed by atoms with Gasteiger partial charge in [0.1, 0.15) is 0 Å². The predicted molar refractivity (Wildman–Crippen MR) is 151 cm³/mol. The third kappa shape index (κ3) is 6.00. The molecule has 5 aromatic rings. The molecule has 0 amide bonds. The molecular formula is C31H31F3N7+. The Kier molecular flexibility index (Phi) is 7.41. The Morgan fingerprint density at radius 1 is 1.00 bits per heavy atom. The molecule has 0 unspecified atom stereocenters. The fraction of sp³-hybridized carbons (Fsp3) is 0.290. The number of rotatable bonds is 8. The van der Waals surface area contributed by atoms with Crippen molar-refractivity contribution in [3.8, 4) is 34.1 Å². The van der Waals surface area contributed by atoms with E-state index in [2.05, 4.69) is 32.3 Å². The zero-order valence-electron chi connectivity index (χ0n) is 23.4. The van der Waals surface area contributed by atoms with Gasteiger partial charge in [0.25, 0.3) is 0 Å². The van der Waals surface area contributed by atoms with Gasteiger partial charge in [0, 0.05) is 23.7 Å². The maximum Gasteiger partial charge on any atom is 0.416 e. The average molecular weight is 559 g/mol. The highest BCUT2D eigenvalue weighted by Gasteiger charge is 2.31. The van der Waals surface area contributed by atoms with E-state index in [0.717, 1.165) is 52.4 Å². The van der Waals surface area contributed by atoms with Crippen LogP contribution in [0.2, 0.25) is 0 Å². The minimum absolute atomic E-state index is 0.414. The van der Waals surface area contributed by atoms with Gasteiger partial charge in [-0.05, 0) is 73.4 Å². The number of halogens is 3. The lowest BCUT2D eigenvalue weighted by Gasteiger charge is -2.23. The first-order chi connectivity index (χ1) is 19.4. The third-order valence-electron chi connectivity index (χ3n) is 7.05. The van der Waals surface area contributed by atoms with E-state index >= 15 is 0 Å². The minimum Gasteiger partial charge on any atom is -0.331 e. The van der Waals surface area contributed by atoms with Crippen LogP contribution < -0.4 is 0 Å². The van der Waals surface area contributed by atoms with Crippen molar-refractivity contribution in [2.75, 3.05) is 27.7 Å². The van der Waals surface area contributed by atoms with Crippen LogP contribution in [-0.2, 0) is 12.6 Å². The summed E-state index contributed by atoms with van der Waals surface area (Å²) in [6.07, 6.45) is 1.64. The Hall–Kier alpha value is -4.49. The van der Waals surface area contributed by atoms with Crippen molar-refractivity contribution in [1.82, 2.24) is 24.4 Å². The zero-order valence-corrected chi connectivity index (χ0v) is 23.4. The van der Waals surface area contributed by atoms with E-state index in [-0.39, 0.29) is 0 Å². The number of unbranched alkanes of at least 4 members (excludes halogenated alkanes) is 1. The second-order valence-corrected chi connectivity index (χ2v) is 11.2. The number of nitriles is 1. The molecule has 0 aliphatic heterocycles. The molecule has 2 aromatic carbocycles. The highest BCUT2D eigenvalue weighted by atomic mass is 19.4. The largest absolute Gasteiger partial charge is 0.416 e. The van der Waals surface area contributed by atoms with E-state index in [9.17, 15) is 18.4 Å². The van der Waals surface area contributed by atoms with Gasteiger partial charge >= 0.3 is 6.18 Å². The summed E-state index contributed by atoms with van der Waals surface area (Å²) >= 11 is 0. The van der Waals surface area contributed by atoms with Crippen LogP contribution in [-0.4, -0.2) is 56.5 Å². The molecule has 0 atom stereocenters. The van der Waals surface area contributed by atoms with E-state index in [4.69, 9.17) is 10.1 Å². The monoisotopic (exact) mass is 558 g/mol. The van der Waals surface area contributed by atoms with Gasteiger partial charge in [0.05, 0.1) is 62.5 Å². The van der Waals surface area contributed by atoms with Crippen molar-refractivity contribution < 1.29 is 17.7 Å². The van der Waals surface area contributed by atoms with Gasteiger partial charge < -0.3 is 4.48 Å². The quantitative estimate of drug-likeness (QED) is 0.162. The predicted octanol–water partition coefficient (Wildman–Crippen LogP) is 6.48. The molecule has 3 heterocycles. The van der Waals surface area contributed by atoms with Crippen LogP contribution in [0.3, 0.4) is 0 Å². The number of hydrogen-bond donors (Lipinski definition) is 0. The number of aromatic nitrogens is 5. The molecule has 0 saturated heterocycles. The molecule has 210 valence electrons. The molecule has 41 heavy (non-hydrogen) atoms. The fourth-order valence-corrected chi connectivity index (χ4v) is 4.97. The number of alkyl halides is 3. The Balaban J connectivity index is 1.65. The second-order valence-electron chi connectivity index (χ2n) is 11.2. The van der Waals surface area contributed by atoms with Crippen LogP contribution in [0.1, 0.15) is 35.4 Å². The van der Waals surface area contributed by atoms with Crippen LogP contribution >= 0.6 is 0 Å². The highest BCUT2D eigenvalue weighted by Crippen LogP contribution is 2.38. The molecule has 10 heteroatoms. The zero-order chi connectivity index (χ0) is 29.4. The van der Waals surface area contributed by atoms with Crippen molar-refractivity contribution >= 4 is 5.65 Å². The summed E-state index contributed by atoms with van der Waals surface area (Å²) in [6.45, 7) is 2.90. The topological polar surface area (TPSA) is 71.8 Å². The van der Waals surface area contributed by atoms with Crippen LogP contribution in [0, 0.1) is 18.3 Å². The maximum absolute atomic E-state index is 13.7. The summed E-state index contributed by atoms with van der Waals surface area (Å²) in [5.41, 5.74) is 4.33. The van der Waals surface area contributed by atoms with Crippen molar-refractivity contribution in [2.24, 2.45) is 0 Å². The van der Waals surface area contributed by atoms with Gasteiger partial charge in [-0.2, -0.15) is 28.6 Å². The molecule has 0 N–H and O–H groups in total. The molecule has 0 aliphatic rings. The fourth-order valence-electron chi connectivity index (χ4n) is 4.97. The van der Waals surface area contributed by atoms with Crippen LogP contribution in [0.5, 0.6) is 0 Å². The van der Waals surface area contributed by atoms with Gasteiger partial charge in [-0.15, -0.1) is 0 Å². The van der Waals surface area contributed by atoms with Crippen molar-refractivity contribution in [3.05, 3.63) is 89.5 Å². The Morgan fingerprint density at radius 2 is 1.76 bits per heavy atom. The van der Waals surface area contributed by atoms with Crippen LogP contribution in [0.25, 0.3) is 33.7 Å². The summed E-state index contributed by atoms with van der Waals surface area (Å²) < 4.78 is 45.4. The Morgan fingerprint density at radius 3 is 2.44 bits per heavy atom. The smallest absolute Gasteiger partial charge is 0.331 e. The Labute approximate surface area is 236 Å². The molecule has 3 aromatic heterocycles. The van der Waals surface area contributed by atoms with Crippen molar-refractivity contribution in [3.63, 3.8) is 0 Å². The second kappa shape index (κ2) is 10.8. The first-order valence-corrected chi connectivity index (χ1v) is 13.4. The van der Waals surface area contributed by atoms with E-state index in [0.29, 0.717) is 34.6 Å². The summed E-state index contributed by atoms with van der Waals surface area (Å²) in [5.74, 6) is 0.650. The normalized spacial score (nSPS) is 12.1. The lowest BCUT2D eigenvalue weighted by molar-refractivity contribution is -0.870. The number of quaternary nitrogens is 1. The number of fused-ring (bicyclic) bond motifs is 1. The van der Waals surface area contributed by atoms with E-state index in [1.165, 1.54) is 12.1 Å². The summed E-state index contributed by atoms with van der Waals surface area (Å²) in [5, 5.41) is 18.4. The van der Waals surface area contributed by atoms with Gasteiger partial charge in [-0.25, -0.2) is 14.2 Å². The summed E-state index contributed by atoms with van der Waals surface area (Å²) in [4.78, 5) is 4.81. The molecule has 0 bridgehead atoms. The summed E-state index contributed by atoms with van der Waals surface area (Å²) in [6, 6.07) is 16.3. The molecule has 7 nitrogen and oxygen atoms in total. The molecular weight excluding hydrogens is 527 g/mol. The molecule has 0 spiro atoms. The number of benzene rings is 2. The Bertz CT molecular complexity index is 1730. The molecule has 0 aliphatic carbocycles. The van der Waals surface area contributed by atoms with E-state index in [1.54, 1.807) is 45.7 Å². The molecule has 0 saturated carbocycles. The number of aryl methyl sites for hydroxylation is 1. The highest BCUT2D eigenvalue weighted by molar-refractivity contribution is 5.86. The number of pyridine rings is 1. The lowest BCUT2D eigenvalue weighted by Crippen LogP contribution is -2.35. The number of nitrogens with zero attached hydrogens (tertiary/aromatic N) is 7. The lowest BCUT2D eigenvalue weighted by atomic mass is 9.95. The SMILES string of the molecule is Cc1c(-c2ccnn2-c2ccc(C#N)cc2)cn2nc(CCCC[N+](C)(C)C)nc2c1-c1cccc(C(F)(F)F)c1. The third-order valence-corrected chi connectivity index (χ3v) is 7.05. The number of hydrogen-bond acceptors (Lipinski definition) is 4. The van der Waals surface area contributed by atoms with Gasteiger partial charge in [0.2, 0.25) is 0 Å². The van der Waals surface area contributed by atoms with Gasteiger partial charge in [-0.3, -0.25) is 0 Å². The first kappa shape index (κ1) is 28.1. The van der Waals surface area contributed by atoms with Gasteiger partial charge in [-0.1, -0.05) is 12.1 Å². The molecule has 0 radical (unpaired) electrons. The molecule has 0 fully saturated rings. The summed E-state index contributed by atoms with van der Waals surface area (Å²) in [7, 11) is 6.45. The van der Waals surface area contributed by atoms with Crippen molar-refractivity contribution in [2.45, 2.75) is 32.4 Å². The first-order valence-electron chi connectivity index (χ1n) is 13.4. The van der Waals surface area contributed by atoms with E-state index < -0.39 is 11.7 Å². The molecule has 5 rings (SSSR count). The standard InChI is InChI=1S/C31H31F3N7/c1-21-26(27-15-16-36-40(27)25-13-11-22(19-35)12-14-25)20-39-30(37-28(38-39)10-5-6-17-41(2,3)4)29(21)23-8-7-9-24(18-23)31(32,33)34/h7-9,11-16,18,20H,5-6,10,17H2,1-4H3/q+1. The van der Waals surface area contributed by atoms with Gasteiger partial charge in [0.15, 0.2) is 11.5 Å². The maximum atomic E-state index is 13.7. The average Bonchev–Trinajstić information content (AvgIpc) is 3.57. The van der Waals surface area contributed by atoms with E-state index in [1.807, 2.05) is 19.2 Å². The van der Waals surface area contributed by atoms with Crippen LogP contribution in [0.15, 0.2) is 67.0 Å². The minimum atomic E-state index is -4.48.